The lowest BCUT2D eigenvalue weighted by Gasteiger charge is -2.71. The van der Waals surface area contributed by atoms with Gasteiger partial charge in [-0.3, -0.25) is 0 Å². The zero-order valence-corrected chi connectivity index (χ0v) is 21.8. The van der Waals surface area contributed by atoms with Gasteiger partial charge in [0, 0.05) is 0 Å². The first kappa shape index (κ1) is 22.0. The van der Waals surface area contributed by atoms with Crippen LogP contribution in [0.15, 0.2) is 72.8 Å². The largest absolute Gasteiger partial charge is 0.0777 e. The molecular weight excluding hydrogens is 432 g/mol. The molecular formula is C36H42. The Hall–Kier alpha value is -2.08. The smallest absolute Gasteiger partial charge is 0.00734 e. The molecule has 8 saturated carbocycles. The fourth-order valence-corrected chi connectivity index (χ4v) is 12.1. The third kappa shape index (κ3) is 3.46. The van der Waals surface area contributed by atoms with Gasteiger partial charge in [-0.05, 0) is 134 Å². The number of rotatable bonds is 5. The highest BCUT2D eigenvalue weighted by atomic mass is 14.7. The van der Waals surface area contributed by atoms with Gasteiger partial charge in [-0.1, -0.05) is 85.0 Å². The predicted octanol–water partition coefficient (Wildman–Crippen LogP) is 9.44. The van der Waals surface area contributed by atoms with Gasteiger partial charge in [0.2, 0.25) is 0 Å². The van der Waals surface area contributed by atoms with Gasteiger partial charge < -0.3 is 0 Å². The van der Waals surface area contributed by atoms with E-state index in [1.165, 1.54) is 56.1 Å². The van der Waals surface area contributed by atoms with E-state index in [0.717, 1.165) is 35.5 Å². The highest BCUT2D eigenvalue weighted by molar-refractivity contribution is 5.51. The van der Waals surface area contributed by atoms with Crippen molar-refractivity contribution in [1.82, 2.24) is 0 Å². The van der Waals surface area contributed by atoms with Crippen molar-refractivity contribution in [1.29, 1.82) is 0 Å². The van der Waals surface area contributed by atoms with Crippen molar-refractivity contribution in [3.8, 4) is 0 Å². The maximum absolute atomic E-state index is 2.79. The lowest BCUT2D eigenvalue weighted by molar-refractivity contribution is -0.202. The number of hydrogen-bond acceptors (Lipinski definition) is 0. The van der Waals surface area contributed by atoms with Gasteiger partial charge in [-0.15, -0.1) is 0 Å². The van der Waals surface area contributed by atoms with E-state index >= 15 is 0 Å². The SMILES string of the molecule is C(=C\C12CC3CC(C1)CC(C1C4CC5CC(C4)CC1(/C=C/c1ccccc1)C5)(C3)C2)/c1ccccc1. The van der Waals surface area contributed by atoms with Gasteiger partial charge >= 0.3 is 0 Å². The molecule has 0 amide bonds. The second-order valence-electron chi connectivity index (χ2n) is 14.5. The molecule has 0 radical (unpaired) electrons. The van der Waals surface area contributed by atoms with Gasteiger partial charge in [-0.25, -0.2) is 0 Å². The van der Waals surface area contributed by atoms with Gasteiger partial charge in [0.1, 0.15) is 0 Å². The number of benzene rings is 2. The summed E-state index contributed by atoms with van der Waals surface area (Å²) in [4.78, 5) is 0. The zero-order valence-electron chi connectivity index (χ0n) is 21.8. The molecule has 0 spiro atoms. The fraction of sp³-hybridized carbons (Fsp3) is 0.556. The van der Waals surface area contributed by atoms with Crippen LogP contribution < -0.4 is 0 Å². The Kier molecular flexibility index (Phi) is 4.85. The number of allylic oxidation sites excluding steroid dienone is 2. The second-order valence-corrected chi connectivity index (χ2v) is 14.5. The van der Waals surface area contributed by atoms with Crippen molar-refractivity contribution in [3.63, 3.8) is 0 Å². The summed E-state index contributed by atoms with van der Waals surface area (Å²) in [6, 6.07) is 22.3. The molecule has 0 aliphatic heterocycles. The van der Waals surface area contributed by atoms with Crippen LogP contribution in [0, 0.1) is 51.8 Å². The summed E-state index contributed by atoms with van der Waals surface area (Å²) < 4.78 is 0. The van der Waals surface area contributed by atoms with Crippen molar-refractivity contribution in [2.24, 2.45) is 51.8 Å². The van der Waals surface area contributed by atoms with E-state index < -0.39 is 0 Å². The normalized spacial score (nSPS) is 46.3. The Morgan fingerprint density at radius 1 is 0.556 bits per heavy atom. The molecule has 0 aromatic heterocycles. The van der Waals surface area contributed by atoms with Gasteiger partial charge in [0.25, 0.3) is 0 Å². The van der Waals surface area contributed by atoms with Crippen molar-refractivity contribution in [2.75, 3.05) is 0 Å². The Morgan fingerprint density at radius 3 is 1.72 bits per heavy atom. The van der Waals surface area contributed by atoms with Crippen LogP contribution in [0.5, 0.6) is 0 Å². The molecule has 36 heavy (non-hydrogen) atoms. The van der Waals surface area contributed by atoms with E-state index in [1.54, 1.807) is 25.7 Å². The van der Waals surface area contributed by atoms with Crippen LogP contribution >= 0.6 is 0 Å². The van der Waals surface area contributed by atoms with E-state index in [4.69, 9.17) is 0 Å². The first-order valence-corrected chi connectivity index (χ1v) is 15.1. The van der Waals surface area contributed by atoms with Crippen molar-refractivity contribution >= 4 is 12.2 Å². The maximum Gasteiger partial charge on any atom is -0.00734 e. The molecule has 10 rings (SSSR count). The van der Waals surface area contributed by atoms with E-state index in [-0.39, 0.29) is 0 Å². The third-order valence-electron chi connectivity index (χ3n) is 12.0. The Bertz CT molecular complexity index is 1140. The minimum absolute atomic E-state index is 0.457. The summed E-state index contributed by atoms with van der Waals surface area (Å²) in [6.45, 7) is 0. The van der Waals surface area contributed by atoms with E-state index in [9.17, 15) is 0 Å². The molecule has 0 heteroatoms. The fourth-order valence-electron chi connectivity index (χ4n) is 12.1. The lowest BCUT2D eigenvalue weighted by atomic mass is 9.33. The first-order valence-electron chi connectivity index (χ1n) is 15.1. The van der Waals surface area contributed by atoms with Gasteiger partial charge in [-0.2, -0.15) is 0 Å². The number of hydrogen-bond donors (Lipinski definition) is 0. The molecule has 0 nitrogen and oxygen atoms in total. The van der Waals surface area contributed by atoms with E-state index in [1.807, 2.05) is 0 Å². The Morgan fingerprint density at radius 2 is 1.11 bits per heavy atom. The standard InChI is InChI=1S/C36H42/c1-3-7-26(8-4-1)11-13-34-19-30-16-31(20-34)24-36(23-30,25-34)33-32-17-28-15-29(18-32)22-35(33,21-28)14-12-27-9-5-2-6-10-27/h1-14,28-33H,15-25H2/b13-11+,14-12+. The molecule has 5 unspecified atom stereocenters. The quantitative estimate of drug-likeness (QED) is 0.405. The molecule has 8 aliphatic rings. The van der Waals surface area contributed by atoms with Crippen LogP contribution in [-0.2, 0) is 0 Å². The Balaban J connectivity index is 1.18. The van der Waals surface area contributed by atoms with Crippen LogP contribution in [0.1, 0.15) is 81.8 Å². The lowest BCUT2D eigenvalue weighted by Crippen LogP contribution is -2.63. The molecule has 2 aromatic carbocycles. The average Bonchev–Trinajstić information content (AvgIpc) is 2.86. The van der Waals surface area contributed by atoms with Gasteiger partial charge in [0.15, 0.2) is 0 Å². The van der Waals surface area contributed by atoms with Crippen LogP contribution in [-0.4, -0.2) is 0 Å². The van der Waals surface area contributed by atoms with Crippen LogP contribution in [0.25, 0.3) is 12.2 Å². The van der Waals surface area contributed by atoms with Crippen LogP contribution in [0.4, 0.5) is 0 Å². The molecule has 8 aliphatic carbocycles. The van der Waals surface area contributed by atoms with Crippen molar-refractivity contribution in [3.05, 3.63) is 83.9 Å². The van der Waals surface area contributed by atoms with Crippen molar-refractivity contribution in [2.45, 2.75) is 70.6 Å². The zero-order chi connectivity index (χ0) is 23.8. The first-order chi connectivity index (χ1) is 17.6. The summed E-state index contributed by atoms with van der Waals surface area (Å²) >= 11 is 0. The molecule has 8 fully saturated rings. The minimum Gasteiger partial charge on any atom is -0.0777 e. The summed E-state index contributed by atoms with van der Waals surface area (Å²) in [5.41, 5.74) is 4.29. The molecule has 2 aromatic rings. The van der Waals surface area contributed by atoms with Crippen LogP contribution in [0.2, 0.25) is 0 Å². The average molecular weight is 475 g/mol. The summed E-state index contributed by atoms with van der Waals surface area (Å²) in [7, 11) is 0. The molecule has 0 heterocycles. The third-order valence-corrected chi connectivity index (χ3v) is 12.0. The predicted molar refractivity (Wildman–Crippen MR) is 150 cm³/mol. The monoisotopic (exact) mass is 474 g/mol. The van der Waals surface area contributed by atoms with E-state index in [0.29, 0.717) is 16.2 Å². The molecule has 186 valence electrons. The molecule has 5 atom stereocenters. The molecule has 0 N–H and O–H groups in total. The summed E-state index contributed by atoms with van der Waals surface area (Å²) in [5.74, 6) is 5.86. The van der Waals surface area contributed by atoms with E-state index in [2.05, 4.69) is 85.0 Å². The molecule has 8 bridgehead atoms. The van der Waals surface area contributed by atoms with Crippen molar-refractivity contribution < 1.29 is 0 Å². The highest BCUT2D eigenvalue weighted by Gasteiger charge is 2.67. The Labute approximate surface area is 218 Å². The summed E-state index contributed by atoms with van der Waals surface area (Å²) in [5, 5.41) is 0. The summed E-state index contributed by atoms with van der Waals surface area (Å²) in [6.07, 6.45) is 27.2. The van der Waals surface area contributed by atoms with Gasteiger partial charge in [0.05, 0.1) is 0 Å². The second kappa shape index (κ2) is 7.96. The van der Waals surface area contributed by atoms with Crippen LogP contribution in [0.3, 0.4) is 0 Å². The minimum atomic E-state index is 0.457. The maximum atomic E-state index is 2.79. The molecule has 0 saturated heterocycles. The highest BCUT2D eigenvalue weighted by Crippen LogP contribution is 2.76. The topological polar surface area (TPSA) is 0 Å².